The first-order chi connectivity index (χ1) is 14.5. The van der Waals surface area contributed by atoms with Gasteiger partial charge in [-0.25, -0.2) is 0 Å². The molecule has 0 spiro atoms. The van der Waals surface area contributed by atoms with Crippen LogP contribution in [0, 0.1) is 13.8 Å². The molecule has 1 rings (SSSR count). The van der Waals surface area contributed by atoms with Gasteiger partial charge in [-0.15, -0.1) is 0 Å². The van der Waals surface area contributed by atoms with Crippen molar-refractivity contribution in [3.8, 4) is 5.75 Å². The molecular weight excluding hydrogens is 430 g/mol. The van der Waals surface area contributed by atoms with E-state index in [1.165, 1.54) is 6.42 Å². The molecule has 178 valence electrons. The zero-order valence-corrected chi connectivity index (χ0v) is 21.3. The quantitative estimate of drug-likeness (QED) is 0.265. The van der Waals surface area contributed by atoms with Crippen LogP contribution < -0.4 is 10.1 Å². The minimum atomic E-state index is -0.116. The first-order valence-corrected chi connectivity index (χ1v) is 11.3. The summed E-state index contributed by atoms with van der Waals surface area (Å²) in [5, 5.41) is 2.95. The Morgan fingerprint density at radius 1 is 1.00 bits per heavy atom. The van der Waals surface area contributed by atoms with E-state index >= 15 is 0 Å². The van der Waals surface area contributed by atoms with Gasteiger partial charge in [-0.3, -0.25) is 4.79 Å². The molecule has 1 N–H and O–H groups in total. The fourth-order valence-electron chi connectivity index (χ4n) is 2.75. The Hall–Kier alpha value is -1.06. The molecular formula is C25H43CrNO4. The molecule has 0 radical (unpaired) electrons. The summed E-state index contributed by atoms with van der Waals surface area (Å²) in [5.74, 6) is 0.674. The maximum atomic E-state index is 12.3. The Kier molecular flexibility index (Phi) is 23.0. The number of amides is 1. The molecule has 2 atom stereocenters. The van der Waals surface area contributed by atoms with E-state index in [-0.39, 0.29) is 35.4 Å². The van der Waals surface area contributed by atoms with Gasteiger partial charge < -0.3 is 33.4 Å². The number of hydrogen-bond donors (Lipinski definition) is 1. The van der Waals surface area contributed by atoms with Crippen LogP contribution in [0.4, 0.5) is 0 Å². The molecule has 0 fully saturated rings. The smallest absolute Gasteiger partial charge is 0.494 e. The number of carbonyl (C=O) groups excluding carboxylic acids is 1. The third kappa shape index (κ3) is 16.3. The minimum absolute atomic E-state index is 0. The molecule has 31 heavy (non-hydrogen) atoms. The van der Waals surface area contributed by atoms with Gasteiger partial charge in [0, 0.05) is 31.9 Å². The second-order valence-electron chi connectivity index (χ2n) is 7.22. The van der Waals surface area contributed by atoms with Crippen LogP contribution in [0.15, 0.2) is 24.3 Å². The maximum Gasteiger partial charge on any atom is 2.00 e. The molecule has 0 heterocycles. The van der Waals surface area contributed by atoms with Gasteiger partial charge in [-0.2, -0.15) is 12.8 Å². The molecule has 0 bridgehead atoms. The van der Waals surface area contributed by atoms with Crippen molar-refractivity contribution in [1.29, 1.82) is 0 Å². The summed E-state index contributed by atoms with van der Waals surface area (Å²) >= 11 is 0. The van der Waals surface area contributed by atoms with Crippen molar-refractivity contribution in [3.05, 3.63) is 43.7 Å². The van der Waals surface area contributed by atoms with Crippen LogP contribution in [0.1, 0.15) is 76.1 Å². The predicted octanol–water partition coefficient (Wildman–Crippen LogP) is 5.64. The number of rotatable bonds is 15. The van der Waals surface area contributed by atoms with Crippen molar-refractivity contribution in [2.75, 3.05) is 26.9 Å². The Morgan fingerprint density at radius 2 is 1.58 bits per heavy atom. The molecule has 0 saturated carbocycles. The van der Waals surface area contributed by atoms with Crippen molar-refractivity contribution >= 4 is 5.91 Å². The molecule has 0 saturated heterocycles. The first kappa shape index (κ1) is 32.1. The van der Waals surface area contributed by atoms with Crippen molar-refractivity contribution in [1.82, 2.24) is 5.32 Å². The van der Waals surface area contributed by atoms with Gasteiger partial charge in [0.25, 0.3) is 5.91 Å². The molecule has 6 heteroatoms. The number of unbranched alkanes of at least 4 members (excludes halogenated alkanes) is 3. The van der Waals surface area contributed by atoms with E-state index in [1.807, 2.05) is 26.0 Å². The normalized spacial score (nSPS) is 12.1. The third-order valence-electron chi connectivity index (χ3n) is 4.42. The van der Waals surface area contributed by atoms with Gasteiger partial charge in [0.1, 0.15) is 5.75 Å². The molecule has 1 aromatic carbocycles. The van der Waals surface area contributed by atoms with E-state index in [4.69, 9.17) is 14.2 Å². The number of hydrogen-bond acceptors (Lipinski definition) is 4. The Morgan fingerprint density at radius 3 is 2.10 bits per heavy atom. The zero-order valence-electron chi connectivity index (χ0n) is 20.0. The first-order valence-electron chi connectivity index (χ1n) is 11.3. The second-order valence-corrected chi connectivity index (χ2v) is 7.22. The maximum absolute atomic E-state index is 12.3. The molecule has 0 aliphatic carbocycles. The average Bonchev–Trinajstić information content (AvgIpc) is 2.74. The average molecular weight is 474 g/mol. The van der Waals surface area contributed by atoms with Gasteiger partial charge in [-0.05, 0) is 56.9 Å². The monoisotopic (exact) mass is 473 g/mol. The van der Waals surface area contributed by atoms with E-state index in [2.05, 4.69) is 26.1 Å². The van der Waals surface area contributed by atoms with Gasteiger partial charge in [0.15, 0.2) is 0 Å². The standard InChI is InChI=1S/C22H36NO4.C3H7.Cr/c1-5-15-26-16-9-7-8-10-17-27-20-13-11-19(12-14-20)22(24)23-18(3)21(6-2)25-4;1-3-2;/h11-14,18,21H,2,5-10,15-17H2,1,3-4H3,(H,23,24);1,3H2,2H3;/q2*-1;+2. The summed E-state index contributed by atoms with van der Waals surface area (Å²) in [6.45, 7) is 15.8. The number of ether oxygens (including phenoxy) is 3. The summed E-state index contributed by atoms with van der Waals surface area (Å²) < 4.78 is 16.5. The molecule has 1 aromatic rings. The van der Waals surface area contributed by atoms with Crippen molar-refractivity contribution < 1.29 is 36.4 Å². The molecule has 0 aliphatic rings. The molecule has 2 unspecified atom stereocenters. The minimum Gasteiger partial charge on any atom is -0.494 e. The van der Waals surface area contributed by atoms with E-state index < -0.39 is 0 Å². The van der Waals surface area contributed by atoms with Gasteiger partial charge in [0.2, 0.25) is 0 Å². The fraction of sp³-hybridized carbons (Fsp3) is 0.640. The van der Waals surface area contributed by atoms with Crippen LogP contribution in [0.5, 0.6) is 5.75 Å². The Labute approximate surface area is 201 Å². The van der Waals surface area contributed by atoms with Crippen molar-refractivity contribution in [2.45, 2.75) is 77.9 Å². The Bertz CT molecular complexity index is 521. The summed E-state index contributed by atoms with van der Waals surface area (Å²) in [4.78, 5) is 12.3. The van der Waals surface area contributed by atoms with Crippen LogP contribution in [0.25, 0.3) is 0 Å². The largest absolute Gasteiger partial charge is 2.00 e. The summed E-state index contributed by atoms with van der Waals surface area (Å²) in [6.07, 6.45) is 7.04. The number of methoxy groups -OCH3 is 1. The van der Waals surface area contributed by atoms with E-state index in [0.717, 1.165) is 51.1 Å². The number of benzene rings is 1. The van der Waals surface area contributed by atoms with E-state index in [1.54, 1.807) is 19.2 Å². The van der Waals surface area contributed by atoms with Crippen molar-refractivity contribution in [3.63, 3.8) is 0 Å². The predicted molar refractivity (Wildman–Crippen MR) is 125 cm³/mol. The number of carbonyl (C=O) groups is 1. The van der Waals surface area contributed by atoms with Gasteiger partial charge in [-0.1, -0.05) is 20.3 Å². The number of nitrogens with one attached hydrogen (secondary N) is 1. The van der Waals surface area contributed by atoms with Crippen LogP contribution in [0.3, 0.4) is 0 Å². The summed E-state index contributed by atoms with van der Waals surface area (Å²) in [6, 6.07) is 7.16. The summed E-state index contributed by atoms with van der Waals surface area (Å²) in [7, 11) is 1.63. The van der Waals surface area contributed by atoms with E-state index in [0.29, 0.717) is 18.6 Å². The van der Waals surface area contributed by atoms with Gasteiger partial charge in [0.05, 0.1) is 12.7 Å². The molecule has 0 aromatic heterocycles. The molecule has 1 amide bonds. The van der Waals surface area contributed by atoms with Crippen LogP contribution >= 0.6 is 0 Å². The molecule has 5 nitrogen and oxygen atoms in total. The Balaban J connectivity index is 0. The van der Waals surface area contributed by atoms with Gasteiger partial charge >= 0.3 is 17.4 Å². The van der Waals surface area contributed by atoms with E-state index in [9.17, 15) is 4.79 Å². The zero-order chi connectivity index (χ0) is 22.6. The topological polar surface area (TPSA) is 56.8 Å². The van der Waals surface area contributed by atoms with Crippen molar-refractivity contribution in [2.24, 2.45) is 0 Å². The fourth-order valence-corrected chi connectivity index (χ4v) is 2.75. The third-order valence-corrected chi connectivity index (χ3v) is 4.42. The molecule has 0 aliphatic heterocycles. The SMILES string of the molecule is [CH2-]CC.[CH2-]CC(OC)C(C)NC(=O)c1ccc(OCCCCCCOCCC)cc1.[Cr+2]. The van der Waals surface area contributed by atoms with Crippen LogP contribution in [-0.2, 0) is 26.8 Å². The van der Waals surface area contributed by atoms with Crippen LogP contribution in [0.2, 0.25) is 0 Å². The van der Waals surface area contributed by atoms with Crippen LogP contribution in [-0.4, -0.2) is 45.0 Å². The second kappa shape index (κ2) is 22.1. The summed E-state index contributed by atoms with van der Waals surface area (Å²) in [5.41, 5.74) is 0.611.